The van der Waals surface area contributed by atoms with Crippen molar-refractivity contribution in [1.82, 2.24) is 4.98 Å². The van der Waals surface area contributed by atoms with Gasteiger partial charge in [-0.1, -0.05) is 29.8 Å². The first-order valence-electron chi connectivity index (χ1n) is 7.59. The molecule has 22 heavy (non-hydrogen) atoms. The number of benzene rings is 1. The second-order valence-electron chi connectivity index (χ2n) is 5.62. The van der Waals surface area contributed by atoms with Gasteiger partial charge in [-0.2, -0.15) is 0 Å². The molecule has 1 aliphatic rings. The first kappa shape index (κ1) is 13.7. The van der Waals surface area contributed by atoms with Crippen molar-refractivity contribution in [2.75, 3.05) is 31.2 Å². The molecule has 0 bridgehead atoms. The normalized spacial score (nSPS) is 15.4. The number of fused-ring (bicyclic) bond motifs is 1. The zero-order valence-electron chi connectivity index (χ0n) is 12.6. The zero-order chi connectivity index (χ0) is 14.9. The van der Waals surface area contributed by atoms with Crippen LogP contribution in [0.5, 0.6) is 0 Å². The third-order valence-electron chi connectivity index (χ3n) is 4.05. The predicted octanol–water partition coefficient (Wildman–Crippen LogP) is 4.11. The number of hydrogen-bond donors (Lipinski definition) is 0. The van der Waals surface area contributed by atoms with Gasteiger partial charge in [0.1, 0.15) is 0 Å². The summed E-state index contributed by atoms with van der Waals surface area (Å²) >= 11 is 1.83. The number of thiophene rings is 1. The van der Waals surface area contributed by atoms with Crippen molar-refractivity contribution in [1.29, 1.82) is 0 Å². The van der Waals surface area contributed by atoms with Crippen LogP contribution in [0.25, 0.3) is 20.7 Å². The Labute approximate surface area is 134 Å². The molecular weight excluding hydrogens is 292 g/mol. The second-order valence-corrected chi connectivity index (χ2v) is 6.68. The van der Waals surface area contributed by atoms with Gasteiger partial charge in [-0.05, 0) is 24.6 Å². The van der Waals surface area contributed by atoms with E-state index < -0.39 is 0 Å². The van der Waals surface area contributed by atoms with Crippen LogP contribution in [0.4, 0.5) is 5.69 Å². The van der Waals surface area contributed by atoms with Gasteiger partial charge in [-0.3, -0.25) is 4.98 Å². The lowest BCUT2D eigenvalue weighted by Gasteiger charge is -2.29. The van der Waals surface area contributed by atoms with Gasteiger partial charge in [-0.25, -0.2) is 0 Å². The summed E-state index contributed by atoms with van der Waals surface area (Å²) in [6, 6.07) is 13.0. The summed E-state index contributed by atoms with van der Waals surface area (Å²) in [5, 5.41) is 0. The molecule has 0 N–H and O–H groups in total. The Hall–Kier alpha value is -1.91. The van der Waals surface area contributed by atoms with Crippen molar-refractivity contribution in [3.63, 3.8) is 0 Å². The maximum absolute atomic E-state index is 5.47. The van der Waals surface area contributed by atoms with E-state index in [2.05, 4.69) is 53.2 Å². The number of morpholine rings is 1. The quantitative estimate of drug-likeness (QED) is 0.712. The zero-order valence-corrected chi connectivity index (χ0v) is 13.4. The van der Waals surface area contributed by atoms with Gasteiger partial charge in [0.25, 0.3) is 0 Å². The van der Waals surface area contributed by atoms with Crippen LogP contribution in [0.15, 0.2) is 42.6 Å². The fourth-order valence-corrected chi connectivity index (χ4v) is 4.07. The number of ether oxygens (including phenoxy) is 1. The SMILES string of the molecule is Cc1cccc(-c2cc3nccc(N4CCOCC4)c3s2)c1. The molecule has 0 atom stereocenters. The molecule has 1 aromatic carbocycles. The molecule has 4 rings (SSSR count). The van der Waals surface area contributed by atoms with Gasteiger partial charge in [0.2, 0.25) is 0 Å². The molecule has 0 radical (unpaired) electrons. The summed E-state index contributed by atoms with van der Waals surface area (Å²) < 4.78 is 6.75. The number of anilines is 1. The van der Waals surface area contributed by atoms with Crippen LogP contribution in [0.2, 0.25) is 0 Å². The monoisotopic (exact) mass is 310 g/mol. The summed E-state index contributed by atoms with van der Waals surface area (Å²) in [7, 11) is 0. The van der Waals surface area contributed by atoms with Crippen molar-refractivity contribution in [3.8, 4) is 10.4 Å². The topological polar surface area (TPSA) is 25.4 Å². The van der Waals surface area contributed by atoms with Gasteiger partial charge in [-0.15, -0.1) is 11.3 Å². The maximum atomic E-state index is 5.47. The van der Waals surface area contributed by atoms with E-state index in [4.69, 9.17) is 4.74 Å². The molecule has 0 saturated carbocycles. The highest BCUT2D eigenvalue weighted by atomic mass is 32.1. The van der Waals surface area contributed by atoms with Crippen LogP contribution >= 0.6 is 11.3 Å². The van der Waals surface area contributed by atoms with E-state index in [-0.39, 0.29) is 0 Å². The lowest BCUT2D eigenvalue weighted by Crippen LogP contribution is -2.36. The number of pyridine rings is 1. The van der Waals surface area contributed by atoms with E-state index in [9.17, 15) is 0 Å². The van der Waals surface area contributed by atoms with Gasteiger partial charge in [0, 0.05) is 24.2 Å². The fraction of sp³-hybridized carbons (Fsp3) is 0.278. The van der Waals surface area contributed by atoms with Gasteiger partial charge >= 0.3 is 0 Å². The number of aryl methyl sites for hydroxylation is 1. The molecule has 2 aromatic heterocycles. The van der Waals surface area contributed by atoms with E-state index >= 15 is 0 Å². The maximum Gasteiger partial charge on any atom is 0.0837 e. The van der Waals surface area contributed by atoms with E-state index in [0.717, 1.165) is 31.8 Å². The number of aromatic nitrogens is 1. The minimum Gasteiger partial charge on any atom is -0.378 e. The van der Waals surface area contributed by atoms with Crippen LogP contribution in [0.3, 0.4) is 0 Å². The van der Waals surface area contributed by atoms with Gasteiger partial charge in [0.15, 0.2) is 0 Å². The Kier molecular flexibility index (Phi) is 3.56. The van der Waals surface area contributed by atoms with E-state index in [1.165, 1.54) is 26.4 Å². The van der Waals surface area contributed by atoms with Gasteiger partial charge < -0.3 is 9.64 Å². The molecule has 0 amide bonds. The first-order valence-corrected chi connectivity index (χ1v) is 8.41. The Balaban J connectivity index is 1.80. The van der Waals surface area contributed by atoms with Gasteiger partial charge in [0.05, 0.1) is 29.1 Å². The largest absolute Gasteiger partial charge is 0.378 e. The molecule has 0 unspecified atom stereocenters. The van der Waals surface area contributed by atoms with E-state index in [0.29, 0.717) is 0 Å². The molecule has 1 saturated heterocycles. The molecule has 3 aromatic rings. The van der Waals surface area contributed by atoms with Crippen LogP contribution in [-0.2, 0) is 4.74 Å². The molecule has 3 heterocycles. The Morgan fingerprint density at radius 1 is 1.14 bits per heavy atom. The van der Waals surface area contributed by atoms with Crippen molar-refractivity contribution in [2.45, 2.75) is 6.92 Å². The standard InChI is InChI=1S/C18H18N2OS/c1-13-3-2-4-14(11-13)17-12-15-18(22-17)16(5-6-19-15)20-7-9-21-10-8-20/h2-6,11-12H,7-10H2,1H3. The van der Waals surface area contributed by atoms with Crippen LogP contribution in [0.1, 0.15) is 5.56 Å². The third-order valence-corrected chi connectivity index (χ3v) is 5.24. The average Bonchev–Trinajstić information content (AvgIpc) is 3.00. The molecule has 0 aliphatic carbocycles. The Morgan fingerprint density at radius 2 is 2.00 bits per heavy atom. The van der Waals surface area contributed by atoms with Crippen LogP contribution in [0, 0.1) is 6.92 Å². The molecule has 0 spiro atoms. The minimum absolute atomic E-state index is 0.805. The smallest absolute Gasteiger partial charge is 0.0837 e. The summed E-state index contributed by atoms with van der Waals surface area (Å²) in [4.78, 5) is 8.25. The molecule has 112 valence electrons. The predicted molar refractivity (Wildman–Crippen MR) is 92.8 cm³/mol. The third kappa shape index (κ3) is 2.49. The molecule has 1 fully saturated rings. The highest BCUT2D eigenvalue weighted by Gasteiger charge is 2.16. The Morgan fingerprint density at radius 3 is 2.82 bits per heavy atom. The average molecular weight is 310 g/mol. The van der Waals surface area contributed by atoms with Crippen LogP contribution < -0.4 is 4.90 Å². The highest BCUT2D eigenvalue weighted by molar-refractivity contribution is 7.22. The summed E-state index contributed by atoms with van der Waals surface area (Å²) in [6.07, 6.45) is 1.92. The Bertz CT molecular complexity index is 806. The van der Waals surface area contributed by atoms with Crippen molar-refractivity contribution in [2.24, 2.45) is 0 Å². The van der Waals surface area contributed by atoms with Crippen molar-refractivity contribution >= 4 is 27.2 Å². The second kappa shape index (κ2) is 5.71. The highest BCUT2D eigenvalue weighted by Crippen LogP contribution is 2.38. The van der Waals surface area contributed by atoms with E-state index in [1.54, 1.807) is 0 Å². The summed E-state index contributed by atoms with van der Waals surface area (Å²) in [5.41, 5.74) is 4.94. The summed E-state index contributed by atoms with van der Waals surface area (Å²) in [5.74, 6) is 0. The van der Waals surface area contributed by atoms with Crippen molar-refractivity contribution < 1.29 is 4.74 Å². The molecular formula is C18H18N2OS. The first-order chi connectivity index (χ1) is 10.8. The lowest BCUT2D eigenvalue weighted by atomic mass is 10.1. The molecule has 4 heteroatoms. The lowest BCUT2D eigenvalue weighted by molar-refractivity contribution is 0.123. The molecule has 3 nitrogen and oxygen atoms in total. The summed E-state index contributed by atoms with van der Waals surface area (Å²) in [6.45, 7) is 5.65. The number of hydrogen-bond acceptors (Lipinski definition) is 4. The van der Waals surface area contributed by atoms with Crippen LogP contribution in [-0.4, -0.2) is 31.3 Å². The molecule has 1 aliphatic heterocycles. The van der Waals surface area contributed by atoms with Crippen molar-refractivity contribution in [3.05, 3.63) is 48.2 Å². The number of nitrogens with zero attached hydrogens (tertiary/aromatic N) is 2. The van der Waals surface area contributed by atoms with E-state index in [1.807, 2.05) is 17.5 Å². The fourth-order valence-electron chi connectivity index (χ4n) is 2.92. The minimum atomic E-state index is 0.805. The number of rotatable bonds is 2.